The fourth-order valence-corrected chi connectivity index (χ4v) is 3.29. The maximum absolute atomic E-state index is 12.0. The molecule has 0 aliphatic carbocycles. The summed E-state index contributed by atoms with van der Waals surface area (Å²) in [6.07, 6.45) is 0. The lowest BCUT2D eigenvalue weighted by Gasteiger charge is -2.18. The van der Waals surface area contributed by atoms with E-state index in [9.17, 15) is 8.42 Å². The second-order valence-electron chi connectivity index (χ2n) is 4.57. The van der Waals surface area contributed by atoms with Crippen molar-refractivity contribution in [1.82, 2.24) is 9.03 Å². The van der Waals surface area contributed by atoms with Gasteiger partial charge in [0.1, 0.15) is 0 Å². The van der Waals surface area contributed by atoms with Crippen LogP contribution in [-0.4, -0.2) is 18.8 Å². The summed E-state index contributed by atoms with van der Waals surface area (Å²) in [7, 11) is -3.40. The lowest BCUT2D eigenvalue weighted by molar-refractivity contribution is 0.417. The first-order chi connectivity index (χ1) is 7.88. The summed E-state index contributed by atoms with van der Waals surface area (Å²) in [6.45, 7) is 4.41. The highest BCUT2D eigenvalue weighted by molar-refractivity contribution is 7.87. The summed E-state index contributed by atoms with van der Waals surface area (Å²) in [6, 6.07) is 5.41. The van der Waals surface area contributed by atoms with Gasteiger partial charge in [0.05, 0.1) is 0 Å². The molecule has 0 saturated heterocycles. The molecule has 0 unspecified atom stereocenters. The van der Waals surface area contributed by atoms with E-state index in [-0.39, 0.29) is 6.04 Å². The van der Waals surface area contributed by atoms with Crippen LogP contribution in [0.3, 0.4) is 0 Å². The van der Waals surface area contributed by atoms with Gasteiger partial charge >= 0.3 is 0 Å². The van der Waals surface area contributed by atoms with E-state index >= 15 is 0 Å². The smallest absolute Gasteiger partial charge is 0.280 e. The minimum Gasteiger partial charge on any atom is -0.399 e. The fraction of sp³-hybridized carbons (Fsp3) is 0.455. The molecule has 0 fully saturated rings. The Balaban J connectivity index is 2.20. The van der Waals surface area contributed by atoms with E-state index in [0.717, 1.165) is 11.1 Å². The Bertz CT molecular complexity index is 526. The van der Waals surface area contributed by atoms with Gasteiger partial charge in [0.25, 0.3) is 10.2 Å². The standard InChI is InChI=1S/C11H17N3O2S/c1-8(2)13-17(15,16)14-6-9-3-4-11(12)5-10(9)7-14/h3-5,8,13H,6-7,12H2,1-2H3. The molecule has 1 aliphatic heterocycles. The van der Waals surface area contributed by atoms with Gasteiger partial charge in [-0.15, -0.1) is 0 Å². The van der Waals surface area contributed by atoms with Crippen LogP contribution in [0.25, 0.3) is 0 Å². The second kappa shape index (κ2) is 4.29. The Morgan fingerprint density at radius 3 is 2.59 bits per heavy atom. The topological polar surface area (TPSA) is 75.4 Å². The van der Waals surface area contributed by atoms with Crippen LogP contribution in [0.4, 0.5) is 5.69 Å². The lowest BCUT2D eigenvalue weighted by Crippen LogP contribution is -2.40. The van der Waals surface area contributed by atoms with Crippen molar-refractivity contribution in [2.75, 3.05) is 5.73 Å². The number of nitrogens with zero attached hydrogens (tertiary/aromatic N) is 1. The van der Waals surface area contributed by atoms with Gasteiger partial charge in [-0.05, 0) is 37.1 Å². The minimum atomic E-state index is -3.40. The quantitative estimate of drug-likeness (QED) is 0.785. The largest absolute Gasteiger partial charge is 0.399 e. The van der Waals surface area contributed by atoms with Gasteiger partial charge < -0.3 is 5.73 Å². The van der Waals surface area contributed by atoms with Crippen molar-refractivity contribution in [2.24, 2.45) is 0 Å². The van der Waals surface area contributed by atoms with E-state index in [4.69, 9.17) is 5.73 Å². The molecule has 17 heavy (non-hydrogen) atoms. The molecule has 0 saturated carbocycles. The number of nitrogens with two attached hydrogens (primary N) is 1. The summed E-state index contributed by atoms with van der Waals surface area (Å²) in [5.41, 5.74) is 8.36. The molecule has 94 valence electrons. The van der Waals surface area contributed by atoms with Crippen molar-refractivity contribution in [3.8, 4) is 0 Å². The van der Waals surface area contributed by atoms with Crippen molar-refractivity contribution >= 4 is 15.9 Å². The highest BCUT2D eigenvalue weighted by Crippen LogP contribution is 2.26. The number of nitrogens with one attached hydrogen (secondary N) is 1. The summed E-state index contributed by atoms with van der Waals surface area (Å²) in [4.78, 5) is 0. The Morgan fingerprint density at radius 2 is 1.94 bits per heavy atom. The van der Waals surface area contributed by atoms with Gasteiger partial charge in [-0.2, -0.15) is 17.4 Å². The molecule has 0 bridgehead atoms. The van der Waals surface area contributed by atoms with Crippen molar-refractivity contribution in [2.45, 2.75) is 33.0 Å². The van der Waals surface area contributed by atoms with E-state index in [2.05, 4.69) is 4.72 Å². The van der Waals surface area contributed by atoms with Crippen LogP contribution in [0.2, 0.25) is 0 Å². The van der Waals surface area contributed by atoms with Crippen molar-refractivity contribution in [3.05, 3.63) is 29.3 Å². The van der Waals surface area contributed by atoms with E-state index < -0.39 is 10.2 Å². The minimum absolute atomic E-state index is 0.103. The normalized spacial score (nSPS) is 16.4. The van der Waals surface area contributed by atoms with Crippen molar-refractivity contribution in [1.29, 1.82) is 0 Å². The zero-order valence-corrected chi connectivity index (χ0v) is 10.8. The van der Waals surface area contributed by atoms with Crippen LogP contribution in [0.1, 0.15) is 25.0 Å². The van der Waals surface area contributed by atoms with Gasteiger partial charge in [0.15, 0.2) is 0 Å². The van der Waals surface area contributed by atoms with E-state index in [1.807, 2.05) is 12.1 Å². The highest BCUT2D eigenvalue weighted by atomic mass is 32.2. The number of hydrogen-bond acceptors (Lipinski definition) is 3. The summed E-state index contributed by atoms with van der Waals surface area (Å²) >= 11 is 0. The van der Waals surface area contributed by atoms with Crippen LogP contribution < -0.4 is 10.5 Å². The second-order valence-corrected chi connectivity index (χ2v) is 6.28. The van der Waals surface area contributed by atoms with Crippen LogP contribution in [0.15, 0.2) is 18.2 Å². The molecular formula is C11H17N3O2S. The fourth-order valence-electron chi connectivity index (χ4n) is 1.93. The van der Waals surface area contributed by atoms with Gasteiger partial charge in [0, 0.05) is 24.8 Å². The molecule has 0 spiro atoms. The van der Waals surface area contributed by atoms with E-state index in [0.29, 0.717) is 18.8 Å². The number of anilines is 1. The monoisotopic (exact) mass is 255 g/mol. The number of rotatable bonds is 3. The molecule has 1 aromatic carbocycles. The molecule has 1 aromatic rings. The summed E-state index contributed by atoms with van der Waals surface area (Å²) in [5, 5.41) is 0. The molecule has 1 aliphatic rings. The number of fused-ring (bicyclic) bond motifs is 1. The maximum Gasteiger partial charge on any atom is 0.280 e. The first-order valence-corrected chi connectivity index (χ1v) is 6.97. The molecule has 6 heteroatoms. The van der Waals surface area contributed by atoms with Crippen LogP contribution in [-0.2, 0) is 23.3 Å². The van der Waals surface area contributed by atoms with Crippen LogP contribution in [0, 0.1) is 0 Å². The zero-order chi connectivity index (χ0) is 12.6. The predicted molar refractivity (Wildman–Crippen MR) is 67.3 cm³/mol. The Kier molecular flexibility index (Phi) is 3.11. The van der Waals surface area contributed by atoms with E-state index in [1.165, 1.54) is 4.31 Å². The van der Waals surface area contributed by atoms with Gasteiger partial charge in [-0.25, -0.2) is 0 Å². The number of benzene rings is 1. The molecule has 0 aromatic heterocycles. The Morgan fingerprint density at radius 1 is 1.29 bits per heavy atom. The molecular weight excluding hydrogens is 238 g/mol. The zero-order valence-electron chi connectivity index (χ0n) is 9.97. The molecule has 1 heterocycles. The molecule has 0 atom stereocenters. The molecule has 2 rings (SSSR count). The highest BCUT2D eigenvalue weighted by Gasteiger charge is 2.29. The predicted octanol–water partition coefficient (Wildman–Crippen LogP) is 0.827. The third-order valence-electron chi connectivity index (χ3n) is 2.65. The Hall–Kier alpha value is -1.11. The molecule has 0 radical (unpaired) electrons. The number of nitrogen functional groups attached to an aromatic ring is 1. The molecule has 3 N–H and O–H groups in total. The average molecular weight is 255 g/mol. The van der Waals surface area contributed by atoms with Crippen LogP contribution >= 0.6 is 0 Å². The third kappa shape index (κ3) is 2.59. The van der Waals surface area contributed by atoms with E-state index in [1.54, 1.807) is 19.9 Å². The molecule has 0 amide bonds. The molecule has 5 nitrogen and oxygen atoms in total. The summed E-state index contributed by atoms with van der Waals surface area (Å²) < 4.78 is 28.0. The average Bonchev–Trinajstić information content (AvgIpc) is 2.58. The maximum atomic E-state index is 12.0. The van der Waals surface area contributed by atoms with Crippen molar-refractivity contribution < 1.29 is 8.42 Å². The van der Waals surface area contributed by atoms with Gasteiger partial charge in [0.2, 0.25) is 0 Å². The SMILES string of the molecule is CC(C)NS(=O)(=O)N1Cc2ccc(N)cc2C1. The summed E-state index contributed by atoms with van der Waals surface area (Å²) in [5.74, 6) is 0. The van der Waals surface area contributed by atoms with Crippen LogP contribution in [0.5, 0.6) is 0 Å². The van der Waals surface area contributed by atoms with Gasteiger partial charge in [-0.1, -0.05) is 6.07 Å². The van der Waals surface area contributed by atoms with Crippen molar-refractivity contribution in [3.63, 3.8) is 0 Å². The third-order valence-corrected chi connectivity index (χ3v) is 4.36. The Labute approximate surface area is 102 Å². The van der Waals surface area contributed by atoms with Gasteiger partial charge in [-0.3, -0.25) is 0 Å². The first kappa shape index (κ1) is 12.3. The number of hydrogen-bond donors (Lipinski definition) is 2. The lowest BCUT2D eigenvalue weighted by atomic mass is 10.1. The first-order valence-electron chi connectivity index (χ1n) is 5.53.